The van der Waals surface area contributed by atoms with E-state index in [2.05, 4.69) is 10.4 Å². The molecule has 0 aliphatic rings. The summed E-state index contributed by atoms with van der Waals surface area (Å²) in [6.45, 7) is 3.21. The number of carbonyl (C=O) groups excluding carboxylic acids is 1. The molecular weight excluding hydrogens is 407 g/mol. The van der Waals surface area contributed by atoms with Crippen molar-refractivity contribution in [3.05, 3.63) is 70.4 Å². The Kier molecular flexibility index (Phi) is 5.83. The SMILES string of the molecule is Cc1ccc(C)c(NC(=O)COc2cc(C(F)(F)F)nn2-c2ccccc2Cl)c1. The summed E-state index contributed by atoms with van der Waals surface area (Å²) in [6.07, 6.45) is -4.68. The van der Waals surface area contributed by atoms with Crippen LogP contribution in [0.3, 0.4) is 0 Å². The third kappa shape index (κ3) is 4.89. The minimum atomic E-state index is -4.68. The fraction of sp³-hybridized carbons (Fsp3) is 0.200. The normalized spacial score (nSPS) is 11.4. The van der Waals surface area contributed by atoms with Crippen molar-refractivity contribution in [1.29, 1.82) is 0 Å². The first-order chi connectivity index (χ1) is 13.6. The van der Waals surface area contributed by atoms with Gasteiger partial charge in [-0.15, -0.1) is 0 Å². The predicted molar refractivity (Wildman–Crippen MR) is 104 cm³/mol. The molecule has 1 amide bonds. The van der Waals surface area contributed by atoms with E-state index in [1.807, 2.05) is 26.0 Å². The lowest BCUT2D eigenvalue weighted by Gasteiger charge is -2.12. The van der Waals surface area contributed by atoms with Crippen LogP contribution in [-0.2, 0) is 11.0 Å². The molecule has 0 spiro atoms. The van der Waals surface area contributed by atoms with Crippen LogP contribution in [0.4, 0.5) is 18.9 Å². The average molecular weight is 424 g/mol. The van der Waals surface area contributed by atoms with Gasteiger partial charge in [0.05, 0.1) is 10.7 Å². The van der Waals surface area contributed by atoms with Gasteiger partial charge in [0.15, 0.2) is 12.3 Å². The van der Waals surface area contributed by atoms with Crippen molar-refractivity contribution in [2.24, 2.45) is 0 Å². The van der Waals surface area contributed by atoms with Gasteiger partial charge in [-0.05, 0) is 43.2 Å². The molecule has 0 aliphatic heterocycles. The number of alkyl halides is 3. The van der Waals surface area contributed by atoms with Crippen LogP contribution in [0, 0.1) is 13.8 Å². The first-order valence-electron chi connectivity index (χ1n) is 8.57. The molecule has 29 heavy (non-hydrogen) atoms. The molecule has 1 N–H and O–H groups in total. The first kappa shape index (κ1) is 20.7. The number of halogens is 4. The van der Waals surface area contributed by atoms with Gasteiger partial charge in [-0.3, -0.25) is 4.79 Å². The third-order valence-electron chi connectivity index (χ3n) is 4.07. The summed E-state index contributed by atoms with van der Waals surface area (Å²) in [6, 6.07) is 12.5. The van der Waals surface area contributed by atoms with Gasteiger partial charge in [-0.2, -0.15) is 23.0 Å². The molecule has 1 heterocycles. The second-order valence-electron chi connectivity index (χ2n) is 6.38. The number of hydrogen-bond acceptors (Lipinski definition) is 3. The monoisotopic (exact) mass is 423 g/mol. The summed E-state index contributed by atoms with van der Waals surface area (Å²) >= 11 is 6.08. The molecule has 0 saturated heterocycles. The number of para-hydroxylation sites is 1. The predicted octanol–water partition coefficient (Wildman–Crippen LogP) is 5.18. The van der Waals surface area contributed by atoms with Crippen LogP contribution in [-0.4, -0.2) is 22.3 Å². The Morgan fingerprint density at radius 3 is 2.59 bits per heavy atom. The van der Waals surface area contributed by atoms with Crippen molar-refractivity contribution in [1.82, 2.24) is 9.78 Å². The maximum absolute atomic E-state index is 13.1. The number of aryl methyl sites for hydroxylation is 2. The lowest BCUT2D eigenvalue weighted by atomic mass is 10.1. The summed E-state index contributed by atoms with van der Waals surface area (Å²) in [5.41, 5.74) is 1.47. The maximum atomic E-state index is 13.1. The van der Waals surface area contributed by atoms with E-state index in [-0.39, 0.29) is 16.6 Å². The van der Waals surface area contributed by atoms with Crippen LogP contribution in [0.15, 0.2) is 48.5 Å². The van der Waals surface area contributed by atoms with Crippen LogP contribution in [0.25, 0.3) is 5.69 Å². The largest absolute Gasteiger partial charge is 0.467 e. The number of nitrogens with zero attached hydrogens (tertiary/aromatic N) is 2. The molecule has 1 aromatic heterocycles. The summed E-state index contributed by atoms with van der Waals surface area (Å²) < 4.78 is 45.7. The van der Waals surface area contributed by atoms with Gasteiger partial charge in [-0.1, -0.05) is 35.9 Å². The van der Waals surface area contributed by atoms with Crippen LogP contribution < -0.4 is 10.1 Å². The fourth-order valence-corrected chi connectivity index (χ4v) is 2.81. The van der Waals surface area contributed by atoms with E-state index in [4.69, 9.17) is 16.3 Å². The number of benzene rings is 2. The minimum Gasteiger partial charge on any atom is -0.467 e. The quantitative estimate of drug-likeness (QED) is 0.615. The molecule has 9 heteroatoms. The Bertz CT molecular complexity index is 1050. The van der Waals surface area contributed by atoms with E-state index in [1.165, 1.54) is 12.1 Å². The standard InChI is InChI=1S/C20H17ClF3N3O2/c1-12-7-8-13(2)15(9-12)25-18(28)11-29-19-10-17(20(22,23)24)26-27(19)16-6-4-3-5-14(16)21/h3-10H,11H2,1-2H3,(H,25,28). The van der Waals surface area contributed by atoms with Crippen molar-refractivity contribution in [3.8, 4) is 11.6 Å². The Labute approximate surface area is 170 Å². The second-order valence-corrected chi connectivity index (χ2v) is 6.79. The highest BCUT2D eigenvalue weighted by Crippen LogP contribution is 2.33. The second kappa shape index (κ2) is 8.16. The first-order valence-corrected chi connectivity index (χ1v) is 8.95. The Hall–Kier alpha value is -3.00. The molecular formula is C20H17ClF3N3O2. The zero-order valence-electron chi connectivity index (χ0n) is 15.5. The van der Waals surface area contributed by atoms with Crippen molar-refractivity contribution in [2.75, 3.05) is 11.9 Å². The molecule has 0 unspecified atom stereocenters. The van der Waals surface area contributed by atoms with Crippen LogP contribution in [0.2, 0.25) is 5.02 Å². The number of hydrogen-bond donors (Lipinski definition) is 1. The summed E-state index contributed by atoms with van der Waals surface area (Å²) in [5, 5.41) is 6.43. The molecule has 0 fully saturated rings. The van der Waals surface area contributed by atoms with E-state index >= 15 is 0 Å². The molecule has 0 radical (unpaired) electrons. The van der Waals surface area contributed by atoms with Gasteiger partial charge < -0.3 is 10.1 Å². The van der Waals surface area contributed by atoms with E-state index < -0.39 is 24.4 Å². The van der Waals surface area contributed by atoms with Gasteiger partial charge in [0.2, 0.25) is 5.88 Å². The van der Waals surface area contributed by atoms with Gasteiger partial charge in [0.1, 0.15) is 0 Å². The Morgan fingerprint density at radius 2 is 1.90 bits per heavy atom. The highest BCUT2D eigenvalue weighted by molar-refractivity contribution is 6.32. The highest BCUT2D eigenvalue weighted by Gasteiger charge is 2.36. The number of rotatable bonds is 5. The molecule has 2 aromatic carbocycles. The van der Waals surface area contributed by atoms with Crippen LogP contribution in [0.1, 0.15) is 16.8 Å². The fourth-order valence-electron chi connectivity index (χ4n) is 2.60. The van der Waals surface area contributed by atoms with Crippen LogP contribution in [0.5, 0.6) is 5.88 Å². The van der Waals surface area contributed by atoms with Crippen molar-refractivity contribution >= 4 is 23.2 Å². The molecule has 0 bridgehead atoms. The molecule has 0 saturated carbocycles. The number of aromatic nitrogens is 2. The number of anilines is 1. The highest BCUT2D eigenvalue weighted by atomic mass is 35.5. The lowest BCUT2D eigenvalue weighted by molar-refractivity contribution is -0.141. The Balaban J connectivity index is 1.83. The van der Waals surface area contributed by atoms with Gasteiger partial charge in [0, 0.05) is 11.8 Å². The number of carbonyl (C=O) groups is 1. The van der Waals surface area contributed by atoms with E-state index in [1.54, 1.807) is 18.2 Å². The molecule has 3 rings (SSSR count). The summed E-state index contributed by atoms with van der Waals surface area (Å²) in [5.74, 6) is -0.763. The number of amides is 1. The third-order valence-corrected chi connectivity index (χ3v) is 4.39. The summed E-state index contributed by atoms with van der Waals surface area (Å²) in [4.78, 5) is 12.3. The summed E-state index contributed by atoms with van der Waals surface area (Å²) in [7, 11) is 0. The molecule has 3 aromatic rings. The van der Waals surface area contributed by atoms with Crippen molar-refractivity contribution in [3.63, 3.8) is 0 Å². The lowest BCUT2D eigenvalue weighted by Crippen LogP contribution is -2.21. The van der Waals surface area contributed by atoms with Crippen LogP contribution >= 0.6 is 11.6 Å². The Morgan fingerprint density at radius 1 is 1.17 bits per heavy atom. The minimum absolute atomic E-state index is 0.189. The van der Waals surface area contributed by atoms with Gasteiger partial charge in [-0.25, -0.2) is 0 Å². The molecule has 0 aliphatic carbocycles. The average Bonchev–Trinajstić information content (AvgIpc) is 3.08. The molecule has 152 valence electrons. The van der Waals surface area contributed by atoms with Gasteiger partial charge in [0.25, 0.3) is 5.91 Å². The van der Waals surface area contributed by atoms with E-state index in [0.29, 0.717) is 5.69 Å². The van der Waals surface area contributed by atoms with E-state index in [0.717, 1.165) is 21.9 Å². The molecule has 0 atom stereocenters. The van der Waals surface area contributed by atoms with Crippen molar-refractivity contribution in [2.45, 2.75) is 20.0 Å². The van der Waals surface area contributed by atoms with Gasteiger partial charge >= 0.3 is 6.18 Å². The topological polar surface area (TPSA) is 56.1 Å². The zero-order valence-corrected chi connectivity index (χ0v) is 16.3. The van der Waals surface area contributed by atoms with Crippen molar-refractivity contribution < 1.29 is 22.7 Å². The molecule has 5 nitrogen and oxygen atoms in total. The number of ether oxygens (including phenoxy) is 1. The zero-order chi connectivity index (χ0) is 21.2. The number of nitrogens with one attached hydrogen (secondary N) is 1. The smallest absolute Gasteiger partial charge is 0.435 e. The maximum Gasteiger partial charge on any atom is 0.435 e. The van der Waals surface area contributed by atoms with E-state index in [9.17, 15) is 18.0 Å².